The van der Waals surface area contributed by atoms with Crippen molar-refractivity contribution < 1.29 is 8.78 Å². The largest absolute Gasteiger partial charge is 0.365 e. The third kappa shape index (κ3) is 3.91. The van der Waals surface area contributed by atoms with E-state index >= 15 is 0 Å². The van der Waals surface area contributed by atoms with Crippen molar-refractivity contribution in [1.82, 2.24) is 20.3 Å². The summed E-state index contributed by atoms with van der Waals surface area (Å²) in [6.07, 6.45) is 7.45. The topological polar surface area (TPSA) is 69.2 Å². The van der Waals surface area contributed by atoms with Gasteiger partial charge in [-0.05, 0) is 25.7 Å². The highest BCUT2D eigenvalue weighted by Gasteiger charge is 2.39. The van der Waals surface area contributed by atoms with Crippen LogP contribution in [0.1, 0.15) is 43.7 Å². The SMILES string of the molecule is FC1(F)CCCN(c2cc(N3CC4CC3CN4)cc(Nc3cnc(C4CC4)cn3)n2)C1. The Morgan fingerprint density at radius 2 is 2.03 bits per heavy atom. The molecule has 0 spiro atoms. The molecular formula is C22H27F2N7. The number of pyridine rings is 1. The van der Waals surface area contributed by atoms with Crippen molar-refractivity contribution in [2.24, 2.45) is 0 Å². The first kappa shape index (κ1) is 19.2. The van der Waals surface area contributed by atoms with Gasteiger partial charge >= 0.3 is 0 Å². The summed E-state index contributed by atoms with van der Waals surface area (Å²) >= 11 is 0. The zero-order valence-corrected chi connectivity index (χ0v) is 17.4. The Kier molecular flexibility index (Phi) is 4.48. The van der Waals surface area contributed by atoms with Gasteiger partial charge in [0.1, 0.15) is 17.5 Å². The number of aromatic nitrogens is 3. The van der Waals surface area contributed by atoms with Crippen molar-refractivity contribution in [2.75, 3.05) is 41.3 Å². The number of hydrogen-bond donors (Lipinski definition) is 2. The molecule has 31 heavy (non-hydrogen) atoms. The van der Waals surface area contributed by atoms with Crippen molar-refractivity contribution in [3.05, 3.63) is 30.2 Å². The van der Waals surface area contributed by atoms with Gasteiger partial charge in [-0.1, -0.05) is 0 Å². The molecule has 2 bridgehead atoms. The van der Waals surface area contributed by atoms with Gasteiger partial charge in [0.05, 0.1) is 24.6 Å². The monoisotopic (exact) mass is 427 g/mol. The van der Waals surface area contributed by atoms with Crippen LogP contribution in [-0.2, 0) is 0 Å². The summed E-state index contributed by atoms with van der Waals surface area (Å²) in [6.45, 7) is 2.20. The van der Waals surface area contributed by atoms with E-state index < -0.39 is 5.92 Å². The summed E-state index contributed by atoms with van der Waals surface area (Å²) in [5.41, 5.74) is 2.06. The lowest BCUT2D eigenvalue weighted by molar-refractivity contribution is -0.0118. The Hall–Kier alpha value is -2.55. The predicted molar refractivity (Wildman–Crippen MR) is 115 cm³/mol. The molecule has 3 aliphatic heterocycles. The fourth-order valence-electron chi connectivity index (χ4n) is 5.06. The van der Waals surface area contributed by atoms with Crippen LogP contribution in [0.3, 0.4) is 0 Å². The number of piperidine rings is 1. The first-order valence-corrected chi connectivity index (χ1v) is 11.3. The molecular weight excluding hydrogens is 400 g/mol. The van der Waals surface area contributed by atoms with Crippen LogP contribution in [0.25, 0.3) is 0 Å². The number of rotatable bonds is 5. The van der Waals surface area contributed by atoms with Crippen LogP contribution in [0.4, 0.5) is 31.9 Å². The number of anilines is 4. The molecule has 4 aliphatic rings. The van der Waals surface area contributed by atoms with E-state index in [1.807, 2.05) is 18.3 Å². The summed E-state index contributed by atoms with van der Waals surface area (Å²) in [6, 6.07) is 4.91. The number of fused-ring (bicyclic) bond motifs is 2. The van der Waals surface area contributed by atoms with Gasteiger partial charge in [-0.25, -0.2) is 18.7 Å². The quantitative estimate of drug-likeness (QED) is 0.759. The molecule has 0 amide bonds. The van der Waals surface area contributed by atoms with E-state index in [2.05, 4.69) is 25.5 Å². The van der Waals surface area contributed by atoms with E-state index in [0.717, 1.165) is 30.9 Å². The maximum absolute atomic E-state index is 14.1. The van der Waals surface area contributed by atoms with Crippen molar-refractivity contribution >= 4 is 23.1 Å². The van der Waals surface area contributed by atoms with E-state index in [1.165, 1.54) is 12.8 Å². The van der Waals surface area contributed by atoms with Crippen LogP contribution in [0.15, 0.2) is 24.5 Å². The molecule has 2 unspecified atom stereocenters. The maximum Gasteiger partial charge on any atom is 0.265 e. The number of alkyl halides is 2. The molecule has 2 atom stereocenters. The van der Waals surface area contributed by atoms with Crippen LogP contribution in [0.2, 0.25) is 0 Å². The van der Waals surface area contributed by atoms with Gasteiger partial charge in [0.2, 0.25) is 0 Å². The molecule has 0 aromatic carbocycles. The molecule has 1 saturated carbocycles. The third-order valence-corrected chi connectivity index (χ3v) is 6.83. The molecule has 2 aromatic heterocycles. The predicted octanol–water partition coefficient (Wildman–Crippen LogP) is 3.28. The molecule has 6 rings (SSSR count). The Labute approximate surface area is 180 Å². The second kappa shape index (κ2) is 7.25. The van der Waals surface area contributed by atoms with Crippen LogP contribution in [0, 0.1) is 0 Å². The number of nitrogens with zero attached hydrogens (tertiary/aromatic N) is 5. The summed E-state index contributed by atoms with van der Waals surface area (Å²) in [4.78, 5) is 17.8. The molecule has 5 heterocycles. The fraction of sp³-hybridized carbons (Fsp3) is 0.591. The Morgan fingerprint density at radius 3 is 2.71 bits per heavy atom. The second-order valence-electron chi connectivity index (χ2n) is 9.32. The van der Waals surface area contributed by atoms with Gasteiger partial charge in [-0.3, -0.25) is 4.98 Å². The van der Waals surface area contributed by atoms with Crippen molar-refractivity contribution in [3.63, 3.8) is 0 Å². The summed E-state index contributed by atoms with van der Waals surface area (Å²) in [7, 11) is 0. The smallest absolute Gasteiger partial charge is 0.265 e. The third-order valence-electron chi connectivity index (χ3n) is 6.83. The molecule has 2 aromatic rings. The normalized spacial score (nSPS) is 27.0. The van der Waals surface area contributed by atoms with Crippen molar-refractivity contribution in [2.45, 2.75) is 56.0 Å². The first-order valence-electron chi connectivity index (χ1n) is 11.3. The van der Waals surface area contributed by atoms with Crippen molar-refractivity contribution in [3.8, 4) is 0 Å². The zero-order valence-electron chi connectivity index (χ0n) is 17.4. The van der Waals surface area contributed by atoms with E-state index in [0.29, 0.717) is 48.4 Å². The summed E-state index contributed by atoms with van der Waals surface area (Å²) in [5, 5.41) is 6.78. The van der Waals surface area contributed by atoms with Gasteiger partial charge < -0.3 is 20.4 Å². The molecule has 4 fully saturated rings. The summed E-state index contributed by atoms with van der Waals surface area (Å²) in [5.74, 6) is -0.295. The van der Waals surface area contributed by atoms with Crippen molar-refractivity contribution in [1.29, 1.82) is 0 Å². The molecule has 2 N–H and O–H groups in total. The maximum atomic E-state index is 14.1. The Morgan fingerprint density at radius 1 is 1.13 bits per heavy atom. The minimum atomic E-state index is -2.68. The zero-order chi connectivity index (χ0) is 21.0. The van der Waals surface area contributed by atoms with Crippen LogP contribution >= 0.6 is 0 Å². The van der Waals surface area contributed by atoms with Gasteiger partial charge in [0.25, 0.3) is 5.92 Å². The number of halogens is 2. The van der Waals surface area contributed by atoms with Gasteiger partial charge in [0.15, 0.2) is 0 Å². The molecule has 9 heteroatoms. The lowest BCUT2D eigenvalue weighted by Crippen LogP contribution is -2.44. The minimum Gasteiger partial charge on any atom is -0.365 e. The fourth-order valence-corrected chi connectivity index (χ4v) is 5.06. The number of piperazine rings is 1. The van der Waals surface area contributed by atoms with E-state index in [9.17, 15) is 8.78 Å². The number of hydrogen-bond acceptors (Lipinski definition) is 7. The van der Waals surface area contributed by atoms with E-state index in [4.69, 9.17) is 4.98 Å². The Balaban J connectivity index is 1.30. The first-order chi connectivity index (χ1) is 15.0. The van der Waals surface area contributed by atoms with E-state index in [1.54, 1.807) is 11.1 Å². The minimum absolute atomic E-state index is 0.0568. The lowest BCUT2D eigenvalue weighted by atomic mass is 10.1. The number of nitrogens with one attached hydrogen (secondary N) is 2. The van der Waals surface area contributed by atoms with Crippen LogP contribution in [0.5, 0.6) is 0 Å². The van der Waals surface area contributed by atoms with Gasteiger partial charge in [0, 0.05) is 61.9 Å². The Bertz CT molecular complexity index is 963. The molecule has 3 saturated heterocycles. The molecule has 164 valence electrons. The molecule has 0 radical (unpaired) electrons. The molecule has 1 aliphatic carbocycles. The lowest BCUT2D eigenvalue weighted by Gasteiger charge is -2.35. The molecule has 7 nitrogen and oxygen atoms in total. The highest BCUT2D eigenvalue weighted by molar-refractivity contribution is 5.66. The van der Waals surface area contributed by atoms with E-state index in [-0.39, 0.29) is 13.0 Å². The van der Waals surface area contributed by atoms with Gasteiger partial charge in [-0.2, -0.15) is 0 Å². The summed E-state index contributed by atoms with van der Waals surface area (Å²) < 4.78 is 28.2. The van der Waals surface area contributed by atoms with Crippen LogP contribution < -0.4 is 20.4 Å². The highest BCUT2D eigenvalue weighted by Crippen LogP contribution is 2.39. The average Bonchev–Trinajstić information content (AvgIpc) is 3.39. The van der Waals surface area contributed by atoms with Crippen LogP contribution in [-0.4, -0.2) is 59.1 Å². The highest BCUT2D eigenvalue weighted by atomic mass is 19.3. The standard InChI is InChI=1S/C22H27F2N7/c23-22(24)4-1-5-30(13-22)21-8-16(31-12-15-6-17(31)9-25-15)7-19(29-21)28-20-11-26-18(10-27-20)14-2-3-14/h7-8,10-11,14-15,17,25H,1-6,9,12-13H2,(H,27,28,29). The van der Waals surface area contributed by atoms with Gasteiger partial charge in [-0.15, -0.1) is 0 Å². The average molecular weight is 428 g/mol. The second-order valence-corrected chi connectivity index (χ2v) is 9.32.